The maximum atomic E-state index is 12.0. The number of amides is 1. The average molecular weight is 414 g/mol. The smallest absolute Gasteiger partial charge is 0.316 e. The highest BCUT2D eigenvalue weighted by Gasteiger charge is 2.17. The zero-order valence-corrected chi connectivity index (χ0v) is 17.3. The van der Waals surface area contributed by atoms with Gasteiger partial charge in [-0.15, -0.1) is 10.2 Å². The summed E-state index contributed by atoms with van der Waals surface area (Å²) < 4.78 is 12.3. The van der Waals surface area contributed by atoms with Gasteiger partial charge in [-0.25, -0.2) is 0 Å². The first kappa shape index (κ1) is 20.7. The number of benzene rings is 1. The number of hydrogen-bond acceptors (Lipinski definition) is 7. The Morgan fingerprint density at radius 1 is 1.21 bits per heavy atom. The predicted molar refractivity (Wildman–Crippen MR) is 110 cm³/mol. The summed E-state index contributed by atoms with van der Waals surface area (Å²) in [5.41, 5.74) is 2.89. The second-order valence-corrected chi connectivity index (χ2v) is 7.27. The second kappa shape index (κ2) is 9.42. The van der Waals surface area contributed by atoms with E-state index < -0.39 is 5.97 Å². The fourth-order valence-corrected chi connectivity index (χ4v) is 3.40. The number of carbonyl (C=O) groups is 2. The quantitative estimate of drug-likeness (QED) is 0.445. The lowest BCUT2D eigenvalue weighted by molar-refractivity contribution is -0.144. The third-order valence-corrected chi connectivity index (χ3v) is 5.19. The number of hydrogen-bond donors (Lipinski definition) is 1. The normalized spacial score (nSPS) is 10.7. The minimum Gasteiger partial charge on any atom is -0.461 e. The van der Waals surface area contributed by atoms with Gasteiger partial charge in [-0.3, -0.25) is 14.2 Å². The molecule has 1 N–H and O–H groups in total. The number of aryl methyl sites for hydroxylation is 2. The van der Waals surface area contributed by atoms with Crippen molar-refractivity contribution in [2.45, 2.75) is 32.5 Å². The molecule has 3 aromatic rings. The van der Waals surface area contributed by atoms with Crippen molar-refractivity contribution in [2.24, 2.45) is 0 Å². The fraction of sp³-hybridized carbons (Fsp3) is 0.300. The molecule has 152 valence electrons. The van der Waals surface area contributed by atoms with Crippen LogP contribution in [-0.2, 0) is 20.9 Å². The molecule has 0 aliphatic heterocycles. The molecular weight excluding hydrogens is 392 g/mol. The van der Waals surface area contributed by atoms with Crippen molar-refractivity contribution in [1.82, 2.24) is 14.8 Å². The first-order chi connectivity index (χ1) is 14.0. The van der Waals surface area contributed by atoms with Crippen LogP contribution in [-0.4, -0.2) is 39.0 Å². The number of thioether (sulfide) groups is 1. The summed E-state index contributed by atoms with van der Waals surface area (Å²) >= 11 is 1.20. The minimum atomic E-state index is -0.504. The molecule has 2 heterocycles. The number of nitrogens with zero attached hydrogens (tertiary/aromatic N) is 3. The van der Waals surface area contributed by atoms with E-state index in [0.29, 0.717) is 29.0 Å². The van der Waals surface area contributed by atoms with Crippen molar-refractivity contribution < 1.29 is 18.7 Å². The van der Waals surface area contributed by atoms with E-state index in [1.807, 2.05) is 43.5 Å². The Kier molecular flexibility index (Phi) is 6.71. The van der Waals surface area contributed by atoms with Crippen LogP contribution in [0.4, 0.5) is 5.69 Å². The highest BCUT2D eigenvalue weighted by atomic mass is 32.2. The van der Waals surface area contributed by atoms with Crippen LogP contribution in [0.5, 0.6) is 0 Å². The molecule has 0 saturated carbocycles. The van der Waals surface area contributed by atoms with Crippen molar-refractivity contribution >= 4 is 29.3 Å². The summed E-state index contributed by atoms with van der Waals surface area (Å²) in [6.45, 7) is 6.20. The number of ether oxygens (including phenoxy) is 1. The number of esters is 1. The standard InChI is InChI=1S/C20H22N4O4S/c1-4-24-19(16-6-5-9-27-16)22-23-20(24)29-12-18(26)28-11-17(25)21-15-8-7-13(2)14(3)10-15/h5-10H,4,11-12H2,1-3H3,(H,21,25). The Balaban J connectivity index is 1.49. The molecule has 0 radical (unpaired) electrons. The van der Waals surface area contributed by atoms with Gasteiger partial charge in [0.05, 0.1) is 12.0 Å². The zero-order chi connectivity index (χ0) is 20.8. The predicted octanol–water partition coefficient (Wildman–Crippen LogP) is 3.45. The first-order valence-corrected chi connectivity index (χ1v) is 10.1. The van der Waals surface area contributed by atoms with Crippen LogP contribution in [0, 0.1) is 13.8 Å². The molecule has 9 heteroatoms. The molecular formula is C20H22N4O4S. The molecule has 0 unspecified atom stereocenters. The SMILES string of the molecule is CCn1c(SCC(=O)OCC(=O)Nc2ccc(C)c(C)c2)nnc1-c1ccco1. The van der Waals surface area contributed by atoms with Crippen LogP contribution in [0.25, 0.3) is 11.6 Å². The maximum Gasteiger partial charge on any atom is 0.316 e. The molecule has 3 rings (SSSR count). The van der Waals surface area contributed by atoms with Crippen LogP contribution in [0.15, 0.2) is 46.2 Å². The van der Waals surface area contributed by atoms with Gasteiger partial charge in [0.2, 0.25) is 0 Å². The average Bonchev–Trinajstić information content (AvgIpc) is 3.36. The van der Waals surface area contributed by atoms with Gasteiger partial charge >= 0.3 is 5.97 Å². The number of nitrogens with one attached hydrogen (secondary N) is 1. The molecule has 0 bridgehead atoms. The molecule has 29 heavy (non-hydrogen) atoms. The van der Waals surface area contributed by atoms with Crippen LogP contribution < -0.4 is 5.32 Å². The minimum absolute atomic E-state index is 0.0210. The molecule has 1 amide bonds. The van der Waals surface area contributed by atoms with Gasteiger partial charge in [0, 0.05) is 12.2 Å². The van der Waals surface area contributed by atoms with Crippen molar-refractivity contribution in [3.63, 3.8) is 0 Å². The van der Waals surface area contributed by atoms with E-state index in [9.17, 15) is 9.59 Å². The van der Waals surface area contributed by atoms with Gasteiger partial charge in [0.1, 0.15) is 0 Å². The Bertz CT molecular complexity index is 998. The van der Waals surface area contributed by atoms with Crippen molar-refractivity contribution in [2.75, 3.05) is 17.7 Å². The summed E-state index contributed by atoms with van der Waals surface area (Å²) in [6.07, 6.45) is 1.57. The van der Waals surface area contributed by atoms with Crippen molar-refractivity contribution in [3.05, 3.63) is 47.7 Å². The van der Waals surface area contributed by atoms with Crippen LogP contribution in [0.3, 0.4) is 0 Å². The molecule has 0 aliphatic rings. The number of aromatic nitrogens is 3. The zero-order valence-electron chi connectivity index (χ0n) is 16.5. The summed E-state index contributed by atoms with van der Waals surface area (Å²) in [4.78, 5) is 24.0. The lowest BCUT2D eigenvalue weighted by Gasteiger charge is -2.08. The van der Waals surface area contributed by atoms with Crippen molar-refractivity contribution in [3.8, 4) is 11.6 Å². The van der Waals surface area contributed by atoms with E-state index in [1.54, 1.807) is 18.4 Å². The summed E-state index contributed by atoms with van der Waals surface area (Å²) in [6, 6.07) is 9.18. The highest BCUT2D eigenvalue weighted by Crippen LogP contribution is 2.24. The number of anilines is 1. The van der Waals surface area contributed by atoms with E-state index in [0.717, 1.165) is 11.1 Å². The van der Waals surface area contributed by atoms with Gasteiger partial charge in [-0.1, -0.05) is 17.8 Å². The van der Waals surface area contributed by atoms with Crippen LogP contribution in [0.1, 0.15) is 18.1 Å². The Hall–Kier alpha value is -3.07. The molecule has 0 fully saturated rings. The topological polar surface area (TPSA) is 99.2 Å². The van der Waals surface area contributed by atoms with Gasteiger partial charge in [0.25, 0.3) is 5.91 Å². The molecule has 0 aliphatic carbocycles. The lowest BCUT2D eigenvalue weighted by atomic mass is 10.1. The number of rotatable bonds is 8. The van der Waals surface area contributed by atoms with E-state index in [2.05, 4.69) is 15.5 Å². The van der Waals surface area contributed by atoms with Gasteiger partial charge in [-0.2, -0.15) is 0 Å². The molecule has 0 atom stereocenters. The Labute approximate surface area is 172 Å². The molecule has 2 aromatic heterocycles. The highest BCUT2D eigenvalue weighted by molar-refractivity contribution is 7.99. The summed E-state index contributed by atoms with van der Waals surface area (Å²) in [5, 5.41) is 11.5. The maximum absolute atomic E-state index is 12.0. The van der Waals surface area contributed by atoms with Gasteiger partial charge < -0.3 is 14.5 Å². The third-order valence-electron chi connectivity index (χ3n) is 4.25. The third kappa shape index (κ3) is 5.26. The summed E-state index contributed by atoms with van der Waals surface area (Å²) in [5.74, 6) is 0.338. The number of carbonyl (C=O) groups excluding carboxylic acids is 2. The summed E-state index contributed by atoms with van der Waals surface area (Å²) in [7, 11) is 0. The molecule has 1 aromatic carbocycles. The van der Waals surface area contributed by atoms with Gasteiger partial charge in [-0.05, 0) is 56.2 Å². The van der Waals surface area contributed by atoms with Gasteiger partial charge in [0.15, 0.2) is 23.3 Å². The fourth-order valence-electron chi connectivity index (χ4n) is 2.60. The first-order valence-electron chi connectivity index (χ1n) is 9.10. The monoisotopic (exact) mass is 414 g/mol. The molecule has 8 nitrogen and oxygen atoms in total. The largest absolute Gasteiger partial charge is 0.461 e. The Morgan fingerprint density at radius 3 is 2.72 bits per heavy atom. The number of furan rings is 1. The Morgan fingerprint density at radius 2 is 2.03 bits per heavy atom. The van der Waals surface area contributed by atoms with E-state index in [-0.39, 0.29) is 18.3 Å². The van der Waals surface area contributed by atoms with Crippen LogP contribution >= 0.6 is 11.8 Å². The van der Waals surface area contributed by atoms with E-state index in [1.165, 1.54) is 11.8 Å². The lowest BCUT2D eigenvalue weighted by Crippen LogP contribution is -2.21. The second-order valence-electron chi connectivity index (χ2n) is 6.32. The molecule has 0 saturated heterocycles. The van der Waals surface area contributed by atoms with E-state index >= 15 is 0 Å². The van der Waals surface area contributed by atoms with Crippen LogP contribution in [0.2, 0.25) is 0 Å². The van der Waals surface area contributed by atoms with Crippen molar-refractivity contribution in [1.29, 1.82) is 0 Å². The molecule has 0 spiro atoms. The van der Waals surface area contributed by atoms with E-state index in [4.69, 9.17) is 9.15 Å².